The summed E-state index contributed by atoms with van der Waals surface area (Å²) in [6.07, 6.45) is 1.71. The van der Waals surface area contributed by atoms with Crippen molar-refractivity contribution in [3.05, 3.63) is 65.2 Å². The van der Waals surface area contributed by atoms with Crippen molar-refractivity contribution in [3.63, 3.8) is 0 Å². The molecule has 2 heterocycles. The normalized spacial score (nSPS) is 10.9. The summed E-state index contributed by atoms with van der Waals surface area (Å²) in [5, 5.41) is 6.00. The molecule has 2 N–H and O–H groups in total. The minimum Gasteiger partial charge on any atom is -0.349 e. The first-order chi connectivity index (χ1) is 12.5. The Hall–Kier alpha value is -2.86. The summed E-state index contributed by atoms with van der Waals surface area (Å²) in [7, 11) is 0. The molecule has 0 unspecified atom stereocenters. The lowest BCUT2D eigenvalue weighted by Crippen LogP contribution is -2.29. The largest absolute Gasteiger partial charge is 0.349 e. The molecule has 0 aliphatic carbocycles. The molecule has 0 aliphatic heterocycles. The molecule has 134 valence electrons. The Morgan fingerprint density at radius 1 is 1.12 bits per heavy atom. The number of fused-ring (bicyclic) bond motifs is 1. The first-order valence-corrected chi connectivity index (χ1v) is 8.66. The summed E-state index contributed by atoms with van der Waals surface area (Å²) >= 11 is 6.10. The van der Waals surface area contributed by atoms with Crippen molar-refractivity contribution in [2.75, 3.05) is 11.9 Å². The van der Waals surface area contributed by atoms with Gasteiger partial charge < -0.3 is 10.6 Å². The van der Waals surface area contributed by atoms with Crippen molar-refractivity contribution in [2.45, 2.75) is 13.8 Å². The van der Waals surface area contributed by atoms with Crippen LogP contribution in [-0.4, -0.2) is 27.7 Å². The molecule has 7 heteroatoms. The van der Waals surface area contributed by atoms with Crippen molar-refractivity contribution in [1.82, 2.24) is 14.7 Å². The van der Waals surface area contributed by atoms with Gasteiger partial charge in [-0.3, -0.25) is 14.0 Å². The number of nitrogens with zero attached hydrogens (tertiary/aromatic N) is 2. The Bertz CT molecular complexity index is 965. The number of anilines is 1. The Labute approximate surface area is 156 Å². The van der Waals surface area contributed by atoms with Crippen LogP contribution in [0, 0.1) is 5.92 Å². The SMILES string of the molecule is CC(C)CNC(=O)c1nc(C(=O)Nc2ccccc2Cl)c2ccccn12. The molecule has 6 nitrogen and oxygen atoms in total. The smallest absolute Gasteiger partial charge is 0.287 e. The minimum atomic E-state index is -0.426. The van der Waals surface area contributed by atoms with E-state index in [0.29, 0.717) is 28.7 Å². The second-order valence-electron chi connectivity index (χ2n) is 6.28. The van der Waals surface area contributed by atoms with Gasteiger partial charge in [0, 0.05) is 12.7 Å². The van der Waals surface area contributed by atoms with Gasteiger partial charge in [0.25, 0.3) is 11.8 Å². The van der Waals surface area contributed by atoms with Crippen molar-refractivity contribution in [3.8, 4) is 0 Å². The van der Waals surface area contributed by atoms with Crippen LogP contribution in [0.3, 0.4) is 0 Å². The molecule has 0 bridgehead atoms. The predicted molar refractivity (Wildman–Crippen MR) is 102 cm³/mol. The zero-order valence-corrected chi connectivity index (χ0v) is 15.2. The van der Waals surface area contributed by atoms with Gasteiger partial charge in [0.1, 0.15) is 0 Å². The van der Waals surface area contributed by atoms with E-state index in [2.05, 4.69) is 15.6 Å². The molecule has 0 radical (unpaired) electrons. The quantitative estimate of drug-likeness (QED) is 0.720. The highest BCUT2D eigenvalue weighted by Gasteiger charge is 2.21. The number of rotatable bonds is 5. The van der Waals surface area contributed by atoms with Gasteiger partial charge in [-0.2, -0.15) is 0 Å². The third-order valence-electron chi connectivity index (χ3n) is 3.76. The third-order valence-corrected chi connectivity index (χ3v) is 4.09. The molecule has 26 heavy (non-hydrogen) atoms. The molecule has 3 rings (SSSR count). The number of carbonyl (C=O) groups is 2. The van der Waals surface area contributed by atoms with Crippen LogP contribution >= 0.6 is 11.6 Å². The van der Waals surface area contributed by atoms with Crippen LogP contribution in [0.5, 0.6) is 0 Å². The maximum atomic E-state index is 12.7. The molecule has 0 atom stereocenters. The maximum Gasteiger partial charge on any atom is 0.287 e. The molecule has 2 amide bonds. The van der Waals surface area contributed by atoms with Crippen LogP contribution in [0.25, 0.3) is 5.52 Å². The van der Waals surface area contributed by atoms with Gasteiger partial charge in [0.05, 0.1) is 16.2 Å². The van der Waals surface area contributed by atoms with E-state index in [1.165, 1.54) is 0 Å². The zero-order chi connectivity index (χ0) is 18.7. The van der Waals surface area contributed by atoms with Crippen LogP contribution in [-0.2, 0) is 0 Å². The average Bonchev–Trinajstić information content (AvgIpc) is 3.01. The summed E-state index contributed by atoms with van der Waals surface area (Å²) in [6.45, 7) is 4.54. The summed E-state index contributed by atoms with van der Waals surface area (Å²) in [4.78, 5) is 29.5. The van der Waals surface area contributed by atoms with Gasteiger partial charge in [-0.05, 0) is 30.2 Å². The van der Waals surface area contributed by atoms with Gasteiger partial charge in [0.2, 0.25) is 5.82 Å². The second kappa shape index (κ2) is 7.58. The molecule has 0 fully saturated rings. The van der Waals surface area contributed by atoms with Crippen LogP contribution in [0.1, 0.15) is 35.0 Å². The van der Waals surface area contributed by atoms with E-state index in [0.717, 1.165) is 0 Å². The van der Waals surface area contributed by atoms with Crippen molar-refractivity contribution < 1.29 is 9.59 Å². The lowest BCUT2D eigenvalue weighted by atomic mass is 10.2. The van der Waals surface area contributed by atoms with Gasteiger partial charge >= 0.3 is 0 Å². The summed E-state index contributed by atoms with van der Waals surface area (Å²) < 4.78 is 1.61. The number of hydrogen-bond donors (Lipinski definition) is 2. The fourth-order valence-electron chi connectivity index (χ4n) is 2.49. The summed E-state index contributed by atoms with van der Waals surface area (Å²) in [5.41, 5.74) is 1.20. The van der Waals surface area contributed by atoms with Gasteiger partial charge in [-0.25, -0.2) is 4.98 Å². The molecule has 2 aromatic heterocycles. The van der Waals surface area contributed by atoms with Crippen molar-refractivity contribution >= 4 is 34.6 Å². The fraction of sp³-hybridized carbons (Fsp3) is 0.211. The molecular weight excluding hydrogens is 352 g/mol. The van der Waals surface area contributed by atoms with Gasteiger partial charge in [-0.15, -0.1) is 0 Å². The second-order valence-corrected chi connectivity index (χ2v) is 6.68. The Morgan fingerprint density at radius 2 is 1.85 bits per heavy atom. The number of imidazole rings is 1. The number of halogens is 1. The van der Waals surface area contributed by atoms with E-state index >= 15 is 0 Å². The number of carbonyl (C=O) groups excluding carboxylic acids is 2. The lowest BCUT2D eigenvalue weighted by Gasteiger charge is -2.06. The molecule has 1 aromatic carbocycles. The number of aromatic nitrogens is 2. The number of hydrogen-bond acceptors (Lipinski definition) is 3. The molecular formula is C19H19ClN4O2. The standard InChI is InChI=1S/C19H19ClN4O2/c1-12(2)11-21-19(26)17-23-16(15-9-5-6-10-24(15)17)18(25)22-14-8-4-3-7-13(14)20/h3-10,12H,11H2,1-2H3,(H,21,26)(H,22,25). The number of pyridine rings is 1. The zero-order valence-electron chi connectivity index (χ0n) is 14.5. The monoisotopic (exact) mass is 370 g/mol. The van der Waals surface area contributed by atoms with Crippen molar-refractivity contribution in [1.29, 1.82) is 0 Å². The van der Waals surface area contributed by atoms with E-state index in [-0.39, 0.29) is 17.4 Å². The van der Waals surface area contributed by atoms with Crippen molar-refractivity contribution in [2.24, 2.45) is 5.92 Å². The minimum absolute atomic E-state index is 0.167. The first-order valence-electron chi connectivity index (χ1n) is 8.28. The maximum absolute atomic E-state index is 12.7. The van der Waals surface area contributed by atoms with Crippen LogP contribution < -0.4 is 10.6 Å². The number of para-hydroxylation sites is 1. The van der Waals surface area contributed by atoms with Crippen LogP contribution in [0.4, 0.5) is 5.69 Å². The molecule has 0 saturated carbocycles. The Kier molecular flexibility index (Phi) is 5.23. The molecule has 0 spiro atoms. The molecule has 0 saturated heterocycles. The number of nitrogens with one attached hydrogen (secondary N) is 2. The van der Waals surface area contributed by atoms with Gasteiger partial charge in [0.15, 0.2) is 5.69 Å². The highest BCUT2D eigenvalue weighted by molar-refractivity contribution is 6.34. The molecule has 3 aromatic rings. The highest BCUT2D eigenvalue weighted by Crippen LogP contribution is 2.22. The molecule has 0 aliphatic rings. The number of amides is 2. The number of benzene rings is 1. The van der Waals surface area contributed by atoms with E-state index in [1.54, 1.807) is 53.1 Å². The van der Waals surface area contributed by atoms with Crippen LogP contribution in [0.2, 0.25) is 5.02 Å². The Morgan fingerprint density at radius 3 is 2.58 bits per heavy atom. The third kappa shape index (κ3) is 3.70. The Balaban J connectivity index is 1.95. The fourth-order valence-corrected chi connectivity index (χ4v) is 2.67. The van der Waals surface area contributed by atoms with E-state index < -0.39 is 5.91 Å². The van der Waals surface area contributed by atoms with E-state index in [4.69, 9.17) is 11.6 Å². The van der Waals surface area contributed by atoms with Crippen LogP contribution in [0.15, 0.2) is 48.7 Å². The predicted octanol–water partition coefficient (Wildman–Crippen LogP) is 3.63. The van der Waals surface area contributed by atoms with E-state index in [9.17, 15) is 9.59 Å². The lowest BCUT2D eigenvalue weighted by molar-refractivity contribution is 0.0938. The summed E-state index contributed by atoms with van der Waals surface area (Å²) in [5.74, 6) is -0.264. The van der Waals surface area contributed by atoms with E-state index in [1.807, 2.05) is 13.8 Å². The average molecular weight is 371 g/mol. The summed E-state index contributed by atoms with van der Waals surface area (Å²) in [6, 6.07) is 12.3. The first kappa shape index (κ1) is 17.9. The highest BCUT2D eigenvalue weighted by atomic mass is 35.5. The topological polar surface area (TPSA) is 75.5 Å². The van der Waals surface area contributed by atoms with Gasteiger partial charge in [-0.1, -0.05) is 43.6 Å².